The number of carbonyl (C=O) groups is 2. The predicted octanol–water partition coefficient (Wildman–Crippen LogP) is 4.92. The first-order chi connectivity index (χ1) is 17.1. The number of amides is 2. The first kappa shape index (κ1) is 24.2. The second-order valence-electron chi connectivity index (χ2n) is 7.77. The number of benzene rings is 3. The fourth-order valence-corrected chi connectivity index (χ4v) is 3.81. The lowest BCUT2D eigenvalue weighted by molar-refractivity contribution is -0.117. The largest absolute Gasteiger partial charge is 0.383 e. The SMILES string of the molecule is COCCN(CC(=O)Nc1nc(-c2ccccc2)cn1-c1ccccc1)C(=O)c1ccccc1Cl. The molecule has 0 unspecified atom stereocenters. The number of aromatic nitrogens is 2. The zero-order chi connectivity index (χ0) is 24.6. The van der Waals surface area contributed by atoms with Crippen LogP contribution >= 0.6 is 11.6 Å². The molecule has 35 heavy (non-hydrogen) atoms. The lowest BCUT2D eigenvalue weighted by Gasteiger charge is -2.22. The molecule has 7 nitrogen and oxygen atoms in total. The Morgan fingerprint density at radius 1 is 0.971 bits per heavy atom. The Morgan fingerprint density at radius 3 is 2.31 bits per heavy atom. The fourth-order valence-electron chi connectivity index (χ4n) is 3.60. The minimum atomic E-state index is -0.385. The highest BCUT2D eigenvalue weighted by atomic mass is 35.5. The molecule has 178 valence electrons. The highest BCUT2D eigenvalue weighted by Crippen LogP contribution is 2.24. The van der Waals surface area contributed by atoms with Crippen molar-refractivity contribution in [3.8, 4) is 16.9 Å². The van der Waals surface area contributed by atoms with Gasteiger partial charge in [-0.05, 0) is 24.3 Å². The molecule has 4 rings (SSSR count). The summed E-state index contributed by atoms with van der Waals surface area (Å²) in [6.45, 7) is 0.326. The normalized spacial score (nSPS) is 10.7. The summed E-state index contributed by atoms with van der Waals surface area (Å²) in [6, 6.07) is 26.1. The maximum absolute atomic E-state index is 13.1. The zero-order valence-corrected chi connectivity index (χ0v) is 20.0. The first-order valence-electron chi connectivity index (χ1n) is 11.1. The standard InChI is InChI=1S/C27H25ClN4O3/c1-35-17-16-31(26(34)22-14-8-9-15-23(22)28)19-25(33)30-27-29-24(20-10-4-2-5-11-20)18-32(27)21-12-6-3-7-13-21/h2-15,18H,16-17,19H2,1H3,(H,29,30,33). The van der Waals surface area contributed by atoms with Gasteiger partial charge >= 0.3 is 0 Å². The monoisotopic (exact) mass is 488 g/mol. The molecule has 0 atom stereocenters. The molecule has 4 aromatic rings. The number of nitrogens with one attached hydrogen (secondary N) is 1. The Morgan fingerprint density at radius 2 is 1.63 bits per heavy atom. The smallest absolute Gasteiger partial charge is 0.255 e. The van der Waals surface area contributed by atoms with E-state index in [2.05, 4.69) is 10.3 Å². The van der Waals surface area contributed by atoms with Gasteiger partial charge in [0.05, 0.1) is 22.9 Å². The molecular formula is C27H25ClN4O3. The average Bonchev–Trinajstić information content (AvgIpc) is 3.31. The zero-order valence-electron chi connectivity index (χ0n) is 19.2. The van der Waals surface area contributed by atoms with E-state index >= 15 is 0 Å². The maximum Gasteiger partial charge on any atom is 0.255 e. The Kier molecular flexibility index (Phi) is 7.92. The maximum atomic E-state index is 13.1. The molecule has 0 aliphatic carbocycles. The van der Waals surface area contributed by atoms with E-state index in [0.29, 0.717) is 22.2 Å². The molecule has 0 saturated carbocycles. The van der Waals surface area contributed by atoms with E-state index in [-0.39, 0.29) is 31.5 Å². The third-order valence-electron chi connectivity index (χ3n) is 5.35. The summed E-state index contributed by atoms with van der Waals surface area (Å²) in [5.74, 6) is -0.375. The summed E-state index contributed by atoms with van der Waals surface area (Å²) in [7, 11) is 1.54. The van der Waals surface area contributed by atoms with Gasteiger partial charge in [0, 0.05) is 31.1 Å². The van der Waals surface area contributed by atoms with E-state index < -0.39 is 0 Å². The van der Waals surface area contributed by atoms with Crippen molar-refractivity contribution in [2.24, 2.45) is 0 Å². The second-order valence-corrected chi connectivity index (χ2v) is 8.18. The van der Waals surface area contributed by atoms with Gasteiger partial charge < -0.3 is 9.64 Å². The van der Waals surface area contributed by atoms with Crippen molar-refractivity contribution in [3.05, 3.63) is 102 Å². The summed E-state index contributed by atoms with van der Waals surface area (Å²) < 4.78 is 6.96. The van der Waals surface area contributed by atoms with Crippen LogP contribution in [0.4, 0.5) is 5.95 Å². The molecule has 1 N–H and O–H groups in total. The Hall–Kier alpha value is -3.94. The number of carbonyl (C=O) groups excluding carboxylic acids is 2. The van der Waals surface area contributed by atoms with Crippen molar-refractivity contribution < 1.29 is 14.3 Å². The van der Waals surface area contributed by atoms with Crippen LogP contribution < -0.4 is 5.32 Å². The van der Waals surface area contributed by atoms with E-state index in [9.17, 15) is 9.59 Å². The molecule has 0 spiro atoms. The summed E-state index contributed by atoms with van der Waals surface area (Å²) in [5.41, 5.74) is 2.82. The van der Waals surface area contributed by atoms with E-state index in [1.807, 2.05) is 71.4 Å². The van der Waals surface area contributed by atoms with E-state index in [1.165, 1.54) is 4.90 Å². The van der Waals surface area contributed by atoms with Gasteiger partial charge in [0.15, 0.2) is 0 Å². The number of imidazole rings is 1. The summed E-state index contributed by atoms with van der Waals surface area (Å²) >= 11 is 6.22. The molecule has 0 bridgehead atoms. The van der Waals surface area contributed by atoms with Gasteiger partial charge in [-0.3, -0.25) is 19.5 Å². The first-order valence-corrected chi connectivity index (χ1v) is 11.5. The van der Waals surface area contributed by atoms with Crippen LogP contribution in [0.5, 0.6) is 0 Å². The van der Waals surface area contributed by atoms with Crippen molar-refractivity contribution in [3.63, 3.8) is 0 Å². The van der Waals surface area contributed by atoms with Crippen LogP contribution in [0.1, 0.15) is 10.4 Å². The Labute approximate surface area is 208 Å². The van der Waals surface area contributed by atoms with Gasteiger partial charge in [-0.15, -0.1) is 0 Å². The number of rotatable bonds is 9. The van der Waals surface area contributed by atoms with Gasteiger partial charge in [-0.2, -0.15) is 0 Å². The van der Waals surface area contributed by atoms with E-state index in [0.717, 1.165) is 11.3 Å². The number of ether oxygens (including phenoxy) is 1. The van der Waals surface area contributed by atoms with Gasteiger partial charge in [0.25, 0.3) is 5.91 Å². The van der Waals surface area contributed by atoms with Crippen molar-refractivity contribution in [1.82, 2.24) is 14.5 Å². The van der Waals surface area contributed by atoms with Crippen LogP contribution in [0.25, 0.3) is 16.9 Å². The molecular weight excluding hydrogens is 464 g/mol. The lowest BCUT2D eigenvalue weighted by Crippen LogP contribution is -2.40. The average molecular weight is 489 g/mol. The van der Waals surface area contributed by atoms with Crippen LogP contribution in [-0.2, 0) is 9.53 Å². The number of para-hydroxylation sites is 1. The fraction of sp³-hybridized carbons (Fsp3) is 0.148. The number of anilines is 1. The molecule has 1 heterocycles. The molecule has 0 saturated heterocycles. The van der Waals surface area contributed by atoms with Crippen molar-refractivity contribution in [2.75, 3.05) is 32.1 Å². The van der Waals surface area contributed by atoms with Gasteiger partial charge in [0.2, 0.25) is 11.9 Å². The highest BCUT2D eigenvalue weighted by molar-refractivity contribution is 6.33. The second kappa shape index (κ2) is 11.5. The molecule has 0 fully saturated rings. The molecule has 3 aromatic carbocycles. The minimum Gasteiger partial charge on any atom is -0.383 e. The Balaban J connectivity index is 1.59. The highest BCUT2D eigenvalue weighted by Gasteiger charge is 2.22. The van der Waals surface area contributed by atoms with E-state index in [1.54, 1.807) is 31.4 Å². The minimum absolute atomic E-state index is 0.185. The van der Waals surface area contributed by atoms with Gasteiger partial charge in [-0.1, -0.05) is 72.3 Å². The van der Waals surface area contributed by atoms with Crippen molar-refractivity contribution in [2.45, 2.75) is 0 Å². The molecule has 0 aliphatic heterocycles. The lowest BCUT2D eigenvalue weighted by atomic mass is 10.2. The predicted molar refractivity (Wildman–Crippen MR) is 137 cm³/mol. The topological polar surface area (TPSA) is 76.5 Å². The number of hydrogen-bond donors (Lipinski definition) is 1. The van der Waals surface area contributed by atoms with E-state index in [4.69, 9.17) is 16.3 Å². The molecule has 0 aliphatic rings. The third kappa shape index (κ3) is 5.95. The number of methoxy groups -OCH3 is 1. The van der Waals surface area contributed by atoms with Crippen LogP contribution in [0.3, 0.4) is 0 Å². The van der Waals surface area contributed by atoms with Crippen LogP contribution in [0, 0.1) is 0 Å². The van der Waals surface area contributed by atoms with Gasteiger partial charge in [-0.25, -0.2) is 4.98 Å². The van der Waals surface area contributed by atoms with Gasteiger partial charge in [0.1, 0.15) is 6.54 Å². The van der Waals surface area contributed by atoms with Crippen LogP contribution in [-0.4, -0.2) is 53.1 Å². The third-order valence-corrected chi connectivity index (χ3v) is 5.68. The number of hydrogen-bond acceptors (Lipinski definition) is 4. The molecule has 8 heteroatoms. The van der Waals surface area contributed by atoms with Crippen molar-refractivity contribution >= 4 is 29.4 Å². The van der Waals surface area contributed by atoms with Crippen LogP contribution in [0.2, 0.25) is 5.02 Å². The number of halogens is 1. The molecule has 1 aromatic heterocycles. The van der Waals surface area contributed by atoms with Crippen LogP contribution in [0.15, 0.2) is 91.1 Å². The molecule has 0 radical (unpaired) electrons. The summed E-state index contributed by atoms with van der Waals surface area (Å²) in [5, 5.41) is 3.20. The molecule has 2 amide bonds. The quantitative estimate of drug-likeness (QED) is 0.363. The number of nitrogens with zero attached hydrogens (tertiary/aromatic N) is 3. The van der Waals surface area contributed by atoms with Crippen molar-refractivity contribution in [1.29, 1.82) is 0 Å². The summed E-state index contributed by atoms with van der Waals surface area (Å²) in [6.07, 6.45) is 1.87. The Bertz CT molecular complexity index is 1290. The summed E-state index contributed by atoms with van der Waals surface area (Å²) in [4.78, 5) is 32.3.